The van der Waals surface area contributed by atoms with Gasteiger partial charge in [0.15, 0.2) is 0 Å². The first-order valence-corrected chi connectivity index (χ1v) is 9.07. The maximum absolute atomic E-state index is 11.5. The van der Waals surface area contributed by atoms with Crippen molar-refractivity contribution in [3.05, 3.63) is 24.3 Å². The highest BCUT2D eigenvalue weighted by Gasteiger charge is 2.59. The molecule has 116 valence electrons. The number of nitrogens with one attached hydrogen (secondary N) is 1. The molecule has 0 aromatic heterocycles. The van der Waals surface area contributed by atoms with Crippen LogP contribution in [0.3, 0.4) is 0 Å². The van der Waals surface area contributed by atoms with Gasteiger partial charge in [0.05, 0.1) is 4.90 Å². The van der Waals surface area contributed by atoms with Crippen LogP contribution in [0.1, 0.15) is 40.0 Å². The van der Waals surface area contributed by atoms with Crippen molar-refractivity contribution in [3.8, 4) is 0 Å². The first-order chi connectivity index (χ1) is 9.63. The molecule has 2 aliphatic carbocycles. The van der Waals surface area contributed by atoms with Gasteiger partial charge in [0.25, 0.3) is 0 Å². The molecule has 2 aliphatic rings. The first kappa shape index (κ1) is 14.9. The van der Waals surface area contributed by atoms with Crippen LogP contribution in [0.25, 0.3) is 0 Å². The van der Waals surface area contributed by atoms with Gasteiger partial charge in [-0.3, -0.25) is 0 Å². The monoisotopic (exact) mass is 308 g/mol. The summed E-state index contributed by atoms with van der Waals surface area (Å²) in [5.41, 5.74) is 1.37. The minimum atomic E-state index is -3.65. The Kier molecular flexibility index (Phi) is 3.16. The molecule has 1 unspecified atom stereocenters. The summed E-state index contributed by atoms with van der Waals surface area (Å²) in [4.78, 5) is 0.165. The third-order valence-electron chi connectivity index (χ3n) is 5.74. The van der Waals surface area contributed by atoms with Gasteiger partial charge in [-0.05, 0) is 54.2 Å². The molecule has 0 saturated heterocycles. The van der Waals surface area contributed by atoms with E-state index in [-0.39, 0.29) is 10.3 Å². The predicted molar refractivity (Wildman–Crippen MR) is 84.5 cm³/mol. The van der Waals surface area contributed by atoms with Crippen molar-refractivity contribution >= 4 is 15.7 Å². The summed E-state index contributed by atoms with van der Waals surface area (Å²) in [5.74, 6) is 0.751. The summed E-state index contributed by atoms with van der Waals surface area (Å²) in [6.45, 7) is 7.00. The van der Waals surface area contributed by atoms with E-state index < -0.39 is 10.0 Å². The summed E-state index contributed by atoms with van der Waals surface area (Å²) >= 11 is 0. The Morgan fingerprint density at radius 3 is 2.57 bits per heavy atom. The lowest BCUT2D eigenvalue weighted by Gasteiger charge is -2.43. The Labute approximate surface area is 127 Å². The second kappa shape index (κ2) is 4.46. The fourth-order valence-electron chi connectivity index (χ4n) is 4.59. The van der Waals surface area contributed by atoms with Gasteiger partial charge in [-0.15, -0.1) is 0 Å². The number of benzene rings is 1. The van der Waals surface area contributed by atoms with Gasteiger partial charge in [0.1, 0.15) is 0 Å². The van der Waals surface area contributed by atoms with E-state index in [0.29, 0.717) is 11.5 Å². The number of hydrogen-bond acceptors (Lipinski definition) is 3. The Morgan fingerprint density at radius 2 is 2.00 bits per heavy atom. The van der Waals surface area contributed by atoms with E-state index >= 15 is 0 Å². The lowest BCUT2D eigenvalue weighted by molar-refractivity contribution is 0.155. The van der Waals surface area contributed by atoms with Crippen molar-refractivity contribution in [1.29, 1.82) is 0 Å². The number of hydrogen-bond donors (Lipinski definition) is 2. The van der Waals surface area contributed by atoms with Crippen LogP contribution in [0.2, 0.25) is 0 Å². The van der Waals surface area contributed by atoms with E-state index in [9.17, 15) is 8.42 Å². The Morgan fingerprint density at radius 1 is 1.29 bits per heavy atom. The standard InChI is InChI=1S/C16H24N2O2S/c1-15(2)11-7-8-16(3,10-11)14(15)18-12-5-4-6-13(9-12)21(17,19)20/h4-6,9,11,14,18H,7-8,10H2,1-3H3,(H2,17,19,20)/t11-,14?,16+/m0/s1. The summed E-state index contributed by atoms with van der Waals surface area (Å²) < 4.78 is 23.0. The van der Waals surface area contributed by atoms with Crippen LogP contribution < -0.4 is 10.5 Å². The molecule has 0 radical (unpaired) electrons. The quantitative estimate of drug-likeness (QED) is 0.901. The van der Waals surface area contributed by atoms with Crippen LogP contribution in [0.5, 0.6) is 0 Å². The molecule has 0 heterocycles. The number of primary sulfonamides is 1. The maximum Gasteiger partial charge on any atom is 0.238 e. The fourth-order valence-corrected chi connectivity index (χ4v) is 5.15. The maximum atomic E-state index is 11.5. The Balaban J connectivity index is 1.91. The van der Waals surface area contributed by atoms with Crippen LogP contribution in [-0.4, -0.2) is 14.5 Å². The number of nitrogens with two attached hydrogens (primary N) is 1. The van der Waals surface area contributed by atoms with E-state index in [1.807, 2.05) is 6.07 Å². The molecule has 3 atom stereocenters. The molecule has 21 heavy (non-hydrogen) atoms. The molecule has 0 amide bonds. The number of rotatable bonds is 3. The topological polar surface area (TPSA) is 72.2 Å². The Hall–Kier alpha value is -1.07. The molecule has 2 bridgehead atoms. The van der Waals surface area contributed by atoms with Crippen molar-refractivity contribution in [2.45, 2.75) is 51.0 Å². The molecule has 1 aromatic carbocycles. The molecule has 2 saturated carbocycles. The molecule has 0 aliphatic heterocycles. The van der Waals surface area contributed by atoms with Crippen LogP contribution in [-0.2, 0) is 10.0 Å². The van der Waals surface area contributed by atoms with Crippen molar-refractivity contribution in [2.24, 2.45) is 21.9 Å². The molecular weight excluding hydrogens is 284 g/mol. The van der Waals surface area contributed by atoms with Crippen molar-refractivity contribution in [2.75, 3.05) is 5.32 Å². The highest BCUT2D eigenvalue weighted by molar-refractivity contribution is 7.89. The molecular formula is C16H24N2O2S. The van der Waals surface area contributed by atoms with Crippen molar-refractivity contribution in [1.82, 2.24) is 0 Å². The average molecular weight is 308 g/mol. The van der Waals surface area contributed by atoms with Crippen LogP contribution >= 0.6 is 0 Å². The highest BCUT2D eigenvalue weighted by Crippen LogP contribution is 2.63. The first-order valence-electron chi connectivity index (χ1n) is 7.52. The molecule has 1 aromatic rings. The number of fused-ring (bicyclic) bond motifs is 2. The van der Waals surface area contributed by atoms with Crippen molar-refractivity contribution < 1.29 is 8.42 Å². The van der Waals surface area contributed by atoms with Gasteiger partial charge < -0.3 is 5.32 Å². The zero-order valence-corrected chi connectivity index (χ0v) is 13.7. The van der Waals surface area contributed by atoms with Crippen molar-refractivity contribution in [3.63, 3.8) is 0 Å². The van der Waals surface area contributed by atoms with Gasteiger partial charge >= 0.3 is 0 Å². The molecule has 4 nitrogen and oxygen atoms in total. The summed E-state index contributed by atoms with van der Waals surface area (Å²) in [7, 11) is -3.65. The Bertz CT molecular complexity index is 664. The summed E-state index contributed by atoms with van der Waals surface area (Å²) in [6.07, 6.45) is 3.80. The minimum absolute atomic E-state index is 0.165. The molecule has 2 fully saturated rings. The van der Waals surface area contributed by atoms with Gasteiger partial charge in [-0.25, -0.2) is 13.6 Å². The smallest absolute Gasteiger partial charge is 0.238 e. The van der Waals surface area contributed by atoms with E-state index in [0.717, 1.165) is 11.6 Å². The van der Waals surface area contributed by atoms with Gasteiger partial charge in [-0.1, -0.05) is 26.8 Å². The number of anilines is 1. The second-order valence-electron chi connectivity index (χ2n) is 7.57. The molecule has 0 spiro atoms. The zero-order chi connectivity index (χ0) is 15.5. The lowest BCUT2D eigenvalue weighted by Crippen LogP contribution is -2.45. The van der Waals surface area contributed by atoms with Gasteiger partial charge in [0, 0.05) is 11.7 Å². The fraction of sp³-hybridized carbons (Fsp3) is 0.625. The summed E-state index contributed by atoms with van der Waals surface area (Å²) in [5, 5.41) is 8.81. The molecule has 5 heteroatoms. The molecule has 3 rings (SSSR count). The third-order valence-corrected chi connectivity index (χ3v) is 6.65. The summed E-state index contributed by atoms with van der Waals surface area (Å²) in [6, 6.07) is 7.19. The normalized spacial score (nSPS) is 34.1. The predicted octanol–water partition coefficient (Wildman–Crippen LogP) is 2.96. The van der Waals surface area contributed by atoms with E-state index in [1.54, 1.807) is 12.1 Å². The highest BCUT2D eigenvalue weighted by atomic mass is 32.2. The second-order valence-corrected chi connectivity index (χ2v) is 9.13. The van der Waals surface area contributed by atoms with Gasteiger partial charge in [0.2, 0.25) is 10.0 Å². The third kappa shape index (κ3) is 2.36. The lowest BCUT2D eigenvalue weighted by atomic mass is 9.68. The number of sulfonamides is 1. The average Bonchev–Trinajstić information content (AvgIpc) is 2.85. The van der Waals surface area contributed by atoms with Crippen LogP contribution in [0.15, 0.2) is 29.2 Å². The van der Waals surface area contributed by atoms with E-state index in [1.165, 1.54) is 25.3 Å². The minimum Gasteiger partial charge on any atom is -0.381 e. The van der Waals surface area contributed by atoms with E-state index in [2.05, 4.69) is 26.1 Å². The molecule has 3 N–H and O–H groups in total. The van der Waals surface area contributed by atoms with Crippen LogP contribution in [0, 0.1) is 16.7 Å². The van der Waals surface area contributed by atoms with Crippen LogP contribution in [0.4, 0.5) is 5.69 Å². The van der Waals surface area contributed by atoms with E-state index in [4.69, 9.17) is 5.14 Å². The zero-order valence-electron chi connectivity index (χ0n) is 12.9. The van der Waals surface area contributed by atoms with Gasteiger partial charge in [-0.2, -0.15) is 0 Å². The SMILES string of the molecule is CC1(C)C(Nc2cccc(S(N)(=O)=O)c2)[C@]2(C)CC[C@H]1C2. The largest absolute Gasteiger partial charge is 0.381 e.